The van der Waals surface area contributed by atoms with Crippen molar-refractivity contribution in [1.82, 2.24) is 9.80 Å². The maximum Gasteiger partial charge on any atom is 0.257 e. The normalized spacial score (nSPS) is 14.3. The van der Waals surface area contributed by atoms with Gasteiger partial charge in [0.15, 0.2) is 0 Å². The molecule has 1 aliphatic heterocycles. The fourth-order valence-corrected chi connectivity index (χ4v) is 3.46. The molecule has 0 spiro atoms. The average Bonchev–Trinajstić information content (AvgIpc) is 2.73. The van der Waals surface area contributed by atoms with Crippen molar-refractivity contribution in [2.24, 2.45) is 0 Å². The first-order chi connectivity index (χ1) is 13.5. The van der Waals surface area contributed by atoms with Crippen molar-refractivity contribution in [2.45, 2.75) is 0 Å². The Morgan fingerprint density at radius 2 is 1.32 bits per heavy atom. The number of aromatic hydroxyl groups is 1. The van der Waals surface area contributed by atoms with E-state index in [1.54, 1.807) is 21.9 Å². The zero-order chi connectivity index (χ0) is 19.7. The van der Waals surface area contributed by atoms with Gasteiger partial charge in [-0.1, -0.05) is 24.3 Å². The van der Waals surface area contributed by atoms with E-state index in [-0.39, 0.29) is 28.9 Å². The van der Waals surface area contributed by atoms with E-state index in [0.29, 0.717) is 31.7 Å². The molecule has 6 heteroatoms. The van der Waals surface area contributed by atoms with Gasteiger partial charge in [-0.25, -0.2) is 4.39 Å². The summed E-state index contributed by atoms with van der Waals surface area (Å²) in [4.78, 5) is 28.7. The van der Waals surface area contributed by atoms with E-state index in [9.17, 15) is 19.1 Å². The summed E-state index contributed by atoms with van der Waals surface area (Å²) in [5.41, 5.74) is 0.686. The van der Waals surface area contributed by atoms with E-state index in [4.69, 9.17) is 0 Å². The van der Waals surface area contributed by atoms with E-state index in [1.165, 1.54) is 24.3 Å². The standard InChI is InChI=1S/C22H19FN2O3/c23-18-7-5-15(6-8-18)21(27)24-9-11-25(12-10-24)22(28)19-13-16-3-1-2-4-17(16)14-20(19)26/h1-8,13-14,26H,9-12H2. The Kier molecular flexibility index (Phi) is 4.69. The third-order valence-electron chi connectivity index (χ3n) is 5.04. The van der Waals surface area contributed by atoms with Crippen LogP contribution >= 0.6 is 0 Å². The monoisotopic (exact) mass is 378 g/mol. The number of rotatable bonds is 2. The van der Waals surface area contributed by atoms with Gasteiger partial charge in [0.05, 0.1) is 5.56 Å². The van der Waals surface area contributed by atoms with Gasteiger partial charge in [0.25, 0.3) is 11.8 Å². The van der Waals surface area contributed by atoms with Gasteiger partial charge in [-0.2, -0.15) is 0 Å². The fourth-order valence-electron chi connectivity index (χ4n) is 3.46. The minimum Gasteiger partial charge on any atom is -0.507 e. The molecule has 0 unspecified atom stereocenters. The number of amides is 2. The second-order valence-electron chi connectivity index (χ2n) is 6.81. The zero-order valence-corrected chi connectivity index (χ0v) is 15.1. The molecule has 1 fully saturated rings. The Balaban J connectivity index is 1.46. The van der Waals surface area contributed by atoms with Gasteiger partial charge in [0.1, 0.15) is 11.6 Å². The van der Waals surface area contributed by atoms with Crippen molar-refractivity contribution in [1.29, 1.82) is 0 Å². The summed E-state index contributed by atoms with van der Waals surface area (Å²) in [6, 6.07) is 16.3. The van der Waals surface area contributed by atoms with Crippen molar-refractivity contribution in [3.05, 3.63) is 77.6 Å². The Morgan fingerprint density at radius 1 is 0.786 bits per heavy atom. The summed E-state index contributed by atoms with van der Waals surface area (Å²) in [6.07, 6.45) is 0. The smallest absolute Gasteiger partial charge is 0.257 e. The molecule has 1 saturated heterocycles. The number of phenols is 1. The number of benzene rings is 3. The van der Waals surface area contributed by atoms with Crippen LogP contribution < -0.4 is 0 Å². The highest BCUT2D eigenvalue weighted by molar-refractivity contribution is 6.01. The lowest BCUT2D eigenvalue weighted by Crippen LogP contribution is -2.50. The highest BCUT2D eigenvalue weighted by atomic mass is 19.1. The number of hydrogen-bond acceptors (Lipinski definition) is 3. The Morgan fingerprint density at radius 3 is 1.93 bits per heavy atom. The third kappa shape index (κ3) is 3.41. The topological polar surface area (TPSA) is 60.9 Å². The van der Waals surface area contributed by atoms with Crippen molar-refractivity contribution in [2.75, 3.05) is 26.2 Å². The largest absolute Gasteiger partial charge is 0.507 e. The second kappa shape index (κ2) is 7.31. The lowest BCUT2D eigenvalue weighted by molar-refractivity contribution is 0.0533. The Hall–Kier alpha value is -3.41. The molecule has 0 bridgehead atoms. The van der Waals surface area contributed by atoms with Gasteiger partial charge in [-0.05, 0) is 47.2 Å². The number of piperazine rings is 1. The van der Waals surface area contributed by atoms with Crippen LogP contribution in [0.5, 0.6) is 5.75 Å². The van der Waals surface area contributed by atoms with Crippen molar-refractivity contribution >= 4 is 22.6 Å². The zero-order valence-electron chi connectivity index (χ0n) is 15.1. The number of carbonyl (C=O) groups excluding carboxylic acids is 2. The van der Waals surface area contributed by atoms with Crippen molar-refractivity contribution in [3.8, 4) is 5.75 Å². The first-order valence-electron chi connectivity index (χ1n) is 9.09. The van der Waals surface area contributed by atoms with Crippen LogP contribution in [0.4, 0.5) is 4.39 Å². The lowest BCUT2D eigenvalue weighted by Gasteiger charge is -2.35. The number of fused-ring (bicyclic) bond motifs is 1. The van der Waals surface area contributed by atoms with Crippen LogP contribution in [-0.4, -0.2) is 52.9 Å². The van der Waals surface area contributed by atoms with E-state index < -0.39 is 0 Å². The lowest BCUT2D eigenvalue weighted by atomic mass is 10.0. The molecule has 0 saturated carbocycles. The van der Waals surface area contributed by atoms with E-state index >= 15 is 0 Å². The van der Waals surface area contributed by atoms with Gasteiger partial charge in [0, 0.05) is 31.7 Å². The summed E-state index contributed by atoms with van der Waals surface area (Å²) in [6.45, 7) is 1.52. The number of halogens is 1. The molecule has 0 aromatic heterocycles. The summed E-state index contributed by atoms with van der Waals surface area (Å²) >= 11 is 0. The van der Waals surface area contributed by atoms with E-state index in [0.717, 1.165) is 10.8 Å². The summed E-state index contributed by atoms with van der Waals surface area (Å²) in [5.74, 6) is -0.867. The molecule has 0 radical (unpaired) electrons. The summed E-state index contributed by atoms with van der Waals surface area (Å²) < 4.78 is 13.0. The Labute approximate surface area is 161 Å². The number of phenolic OH excluding ortho intramolecular Hbond substituents is 1. The molecule has 3 aromatic rings. The highest BCUT2D eigenvalue weighted by Crippen LogP contribution is 2.26. The van der Waals surface area contributed by atoms with Crippen LogP contribution in [0.25, 0.3) is 10.8 Å². The average molecular weight is 378 g/mol. The van der Waals surface area contributed by atoms with Crippen LogP contribution in [0, 0.1) is 5.82 Å². The molecule has 2 amide bonds. The van der Waals surface area contributed by atoms with Gasteiger partial charge in [-0.3, -0.25) is 9.59 Å². The maximum atomic E-state index is 13.0. The Bertz CT molecular complexity index is 1040. The first-order valence-corrected chi connectivity index (χ1v) is 9.09. The van der Waals surface area contributed by atoms with Crippen LogP contribution in [0.3, 0.4) is 0 Å². The molecule has 142 valence electrons. The second-order valence-corrected chi connectivity index (χ2v) is 6.81. The predicted molar refractivity (Wildman–Crippen MR) is 104 cm³/mol. The van der Waals surface area contributed by atoms with Crippen LogP contribution in [-0.2, 0) is 0 Å². The number of hydrogen-bond donors (Lipinski definition) is 1. The maximum absolute atomic E-state index is 13.0. The fraction of sp³-hybridized carbons (Fsp3) is 0.182. The first kappa shape index (κ1) is 18.0. The van der Waals surface area contributed by atoms with Gasteiger partial charge in [-0.15, -0.1) is 0 Å². The number of carbonyl (C=O) groups is 2. The van der Waals surface area contributed by atoms with Gasteiger partial charge in [0.2, 0.25) is 0 Å². The summed E-state index contributed by atoms with van der Waals surface area (Å²) in [7, 11) is 0. The minimum atomic E-state index is -0.387. The minimum absolute atomic E-state index is 0.0477. The molecule has 0 aliphatic carbocycles. The molecule has 0 atom stereocenters. The molecule has 1 heterocycles. The van der Waals surface area contributed by atoms with E-state index in [1.807, 2.05) is 24.3 Å². The molecular weight excluding hydrogens is 359 g/mol. The molecule has 3 aromatic carbocycles. The van der Waals surface area contributed by atoms with Crippen LogP contribution in [0.2, 0.25) is 0 Å². The summed E-state index contributed by atoms with van der Waals surface area (Å²) in [5, 5.41) is 12.0. The van der Waals surface area contributed by atoms with Crippen LogP contribution in [0.15, 0.2) is 60.7 Å². The SMILES string of the molecule is O=C(c1ccc(F)cc1)N1CCN(C(=O)c2cc3ccccc3cc2O)CC1. The van der Waals surface area contributed by atoms with Gasteiger partial charge >= 0.3 is 0 Å². The van der Waals surface area contributed by atoms with Crippen molar-refractivity contribution in [3.63, 3.8) is 0 Å². The molecule has 4 rings (SSSR count). The van der Waals surface area contributed by atoms with Gasteiger partial charge < -0.3 is 14.9 Å². The molecular formula is C22H19FN2O3. The number of nitrogens with zero attached hydrogens (tertiary/aromatic N) is 2. The third-order valence-corrected chi connectivity index (χ3v) is 5.04. The van der Waals surface area contributed by atoms with Crippen LogP contribution in [0.1, 0.15) is 20.7 Å². The van der Waals surface area contributed by atoms with E-state index in [2.05, 4.69) is 0 Å². The quantitative estimate of drug-likeness (QED) is 0.744. The molecule has 1 aliphatic rings. The highest BCUT2D eigenvalue weighted by Gasteiger charge is 2.27. The van der Waals surface area contributed by atoms with Crippen molar-refractivity contribution < 1.29 is 19.1 Å². The molecule has 28 heavy (non-hydrogen) atoms. The molecule has 1 N–H and O–H groups in total. The molecule has 5 nitrogen and oxygen atoms in total. The predicted octanol–water partition coefficient (Wildman–Crippen LogP) is 3.28.